The van der Waals surface area contributed by atoms with Crippen LogP contribution in [-0.4, -0.2) is 27.8 Å². The number of esters is 1. The van der Waals surface area contributed by atoms with Gasteiger partial charge in [-0.3, -0.25) is 4.98 Å². The maximum Gasteiger partial charge on any atom is 0.340 e. The molecule has 0 aliphatic carbocycles. The number of nitrogens with zero attached hydrogens (tertiary/aromatic N) is 3. The van der Waals surface area contributed by atoms with Crippen molar-refractivity contribution in [3.63, 3.8) is 0 Å². The fourth-order valence-electron chi connectivity index (χ4n) is 2.98. The van der Waals surface area contributed by atoms with E-state index in [0.29, 0.717) is 11.3 Å². The molecule has 0 saturated carbocycles. The van der Waals surface area contributed by atoms with Crippen LogP contribution in [0.5, 0.6) is 5.75 Å². The van der Waals surface area contributed by atoms with Crippen LogP contribution in [0.2, 0.25) is 0 Å². The van der Waals surface area contributed by atoms with E-state index in [1.807, 2.05) is 54.7 Å². The summed E-state index contributed by atoms with van der Waals surface area (Å²) in [5, 5.41) is 5.03. The monoisotopic (exact) mass is 373 g/mol. The minimum absolute atomic E-state index is 0.188. The molecule has 6 nitrogen and oxygen atoms in total. The van der Waals surface area contributed by atoms with E-state index in [1.54, 1.807) is 31.0 Å². The lowest BCUT2D eigenvalue weighted by atomic mass is 10.1. The van der Waals surface area contributed by atoms with Gasteiger partial charge in [0.25, 0.3) is 0 Å². The van der Waals surface area contributed by atoms with E-state index in [4.69, 9.17) is 9.47 Å². The maximum absolute atomic E-state index is 12.6. The molecule has 4 aromatic rings. The molecular weight excluding hydrogens is 354 g/mol. The summed E-state index contributed by atoms with van der Waals surface area (Å²) in [7, 11) is 1.61. The van der Waals surface area contributed by atoms with Gasteiger partial charge in [-0.25, -0.2) is 9.48 Å². The molecule has 0 spiro atoms. The molecule has 0 atom stereocenters. The number of methoxy groups -OCH3 is 1. The van der Waals surface area contributed by atoms with Gasteiger partial charge in [-0.1, -0.05) is 12.1 Å². The van der Waals surface area contributed by atoms with E-state index in [9.17, 15) is 4.79 Å². The van der Waals surface area contributed by atoms with Gasteiger partial charge in [-0.15, -0.1) is 0 Å². The first-order valence-electron chi connectivity index (χ1n) is 8.85. The molecule has 0 aliphatic rings. The van der Waals surface area contributed by atoms with Crippen molar-refractivity contribution in [2.75, 3.05) is 7.11 Å². The van der Waals surface area contributed by atoms with Crippen LogP contribution in [0.1, 0.15) is 21.6 Å². The predicted molar refractivity (Wildman–Crippen MR) is 106 cm³/mol. The van der Waals surface area contributed by atoms with Crippen molar-refractivity contribution >= 4 is 16.9 Å². The summed E-state index contributed by atoms with van der Waals surface area (Å²) >= 11 is 0. The Morgan fingerprint density at radius 2 is 1.93 bits per heavy atom. The van der Waals surface area contributed by atoms with Crippen LogP contribution in [0.3, 0.4) is 0 Å². The SMILES string of the molecule is COc1ccc2nc(C)c(C(=O)OCc3ccc(-n4cccn4)cc3)cc2c1. The average molecular weight is 373 g/mol. The highest BCUT2D eigenvalue weighted by molar-refractivity contribution is 5.95. The van der Waals surface area contributed by atoms with Crippen LogP contribution in [0.25, 0.3) is 16.6 Å². The second kappa shape index (κ2) is 7.52. The van der Waals surface area contributed by atoms with E-state index in [0.717, 1.165) is 27.9 Å². The van der Waals surface area contributed by atoms with Gasteiger partial charge in [-0.2, -0.15) is 5.10 Å². The van der Waals surface area contributed by atoms with E-state index in [1.165, 1.54) is 0 Å². The number of hydrogen-bond donors (Lipinski definition) is 0. The molecule has 0 N–H and O–H groups in total. The number of rotatable bonds is 5. The number of benzene rings is 2. The van der Waals surface area contributed by atoms with Gasteiger partial charge in [0.15, 0.2) is 0 Å². The number of pyridine rings is 1. The number of ether oxygens (including phenoxy) is 2. The summed E-state index contributed by atoms with van der Waals surface area (Å²) in [4.78, 5) is 17.1. The summed E-state index contributed by atoms with van der Waals surface area (Å²) in [5.41, 5.74) is 3.75. The van der Waals surface area contributed by atoms with Gasteiger partial charge in [0.1, 0.15) is 12.4 Å². The molecule has 0 amide bonds. The Labute approximate surface area is 162 Å². The zero-order valence-electron chi connectivity index (χ0n) is 15.6. The molecule has 0 radical (unpaired) electrons. The lowest BCUT2D eigenvalue weighted by molar-refractivity contribution is 0.0471. The summed E-state index contributed by atoms with van der Waals surface area (Å²) in [5.74, 6) is 0.320. The van der Waals surface area contributed by atoms with E-state index in [2.05, 4.69) is 10.1 Å². The minimum Gasteiger partial charge on any atom is -0.497 e. The zero-order valence-corrected chi connectivity index (χ0v) is 15.6. The van der Waals surface area contributed by atoms with Gasteiger partial charge in [0, 0.05) is 17.8 Å². The normalized spacial score (nSPS) is 10.8. The summed E-state index contributed by atoms with van der Waals surface area (Å²) in [6, 6.07) is 16.9. The number of hydrogen-bond acceptors (Lipinski definition) is 5. The number of fused-ring (bicyclic) bond motifs is 1. The minimum atomic E-state index is -0.397. The Balaban J connectivity index is 1.49. The smallest absolute Gasteiger partial charge is 0.340 e. The molecule has 0 saturated heterocycles. The van der Waals surface area contributed by atoms with Gasteiger partial charge < -0.3 is 9.47 Å². The molecule has 0 unspecified atom stereocenters. The van der Waals surface area contributed by atoms with Gasteiger partial charge in [-0.05, 0) is 55.0 Å². The van der Waals surface area contributed by atoms with Crippen molar-refractivity contribution in [1.29, 1.82) is 0 Å². The standard InChI is InChI=1S/C22H19N3O3/c1-15-20(13-17-12-19(27-2)8-9-21(17)24-15)22(26)28-14-16-4-6-18(7-5-16)25-11-3-10-23-25/h3-13H,14H2,1-2H3. The highest BCUT2D eigenvalue weighted by atomic mass is 16.5. The third-order valence-electron chi connectivity index (χ3n) is 4.51. The molecule has 28 heavy (non-hydrogen) atoms. The fraction of sp³-hybridized carbons (Fsp3) is 0.136. The first-order chi connectivity index (χ1) is 13.6. The molecule has 0 fully saturated rings. The van der Waals surface area contributed by atoms with E-state index < -0.39 is 5.97 Å². The van der Waals surface area contributed by atoms with Gasteiger partial charge in [0.05, 0.1) is 29.6 Å². The van der Waals surface area contributed by atoms with Crippen molar-refractivity contribution in [2.24, 2.45) is 0 Å². The number of aryl methyl sites for hydroxylation is 1. The molecule has 0 bridgehead atoms. The lowest BCUT2D eigenvalue weighted by Crippen LogP contribution is -2.08. The highest BCUT2D eigenvalue weighted by Gasteiger charge is 2.14. The second-order valence-corrected chi connectivity index (χ2v) is 6.37. The number of aromatic nitrogens is 3. The van der Waals surface area contributed by atoms with Crippen molar-refractivity contribution in [2.45, 2.75) is 13.5 Å². The number of carbonyl (C=O) groups is 1. The molecule has 0 aliphatic heterocycles. The van der Waals surface area contributed by atoms with Crippen LogP contribution in [0.15, 0.2) is 67.0 Å². The highest BCUT2D eigenvalue weighted by Crippen LogP contribution is 2.22. The van der Waals surface area contributed by atoms with Crippen LogP contribution >= 0.6 is 0 Å². The van der Waals surface area contributed by atoms with Crippen molar-refractivity contribution in [3.8, 4) is 11.4 Å². The molecule has 2 aromatic carbocycles. The third-order valence-corrected chi connectivity index (χ3v) is 4.51. The van der Waals surface area contributed by atoms with E-state index >= 15 is 0 Å². The molecule has 4 rings (SSSR count). The molecule has 6 heteroatoms. The molecule has 140 valence electrons. The van der Waals surface area contributed by atoms with Crippen LogP contribution in [-0.2, 0) is 11.3 Å². The average Bonchev–Trinajstić information content (AvgIpc) is 3.26. The Morgan fingerprint density at radius 1 is 1.11 bits per heavy atom. The Kier molecular flexibility index (Phi) is 4.76. The zero-order chi connectivity index (χ0) is 19.5. The first-order valence-corrected chi connectivity index (χ1v) is 8.85. The van der Waals surface area contributed by atoms with Gasteiger partial charge in [0.2, 0.25) is 0 Å². The van der Waals surface area contributed by atoms with E-state index in [-0.39, 0.29) is 6.61 Å². The first kappa shape index (κ1) is 17.7. The topological polar surface area (TPSA) is 66.2 Å². The van der Waals surface area contributed by atoms with Crippen molar-refractivity contribution in [1.82, 2.24) is 14.8 Å². The lowest BCUT2D eigenvalue weighted by Gasteiger charge is -2.10. The Bertz CT molecular complexity index is 1120. The van der Waals surface area contributed by atoms with Crippen LogP contribution in [0, 0.1) is 6.92 Å². The van der Waals surface area contributed by atoms with Crippen molar-refractivity contribution < 1.29 is 14.3 Å². The fourth-order valence-corrected chi connectivity index (χ4v) is 2.98. The summed E-state index contributed by atoms with van der Waals surface area (Å²) in [6.07, 6.45) is 3.60. The van der Waals surface area contributed by atoms with Gasteiger partial charge >= 0.3 is 5.97 Å². The Morgan fingerprint density at radius 3 is 2.64 bits per heavy atom. The predicted octanol–water partition coefficient (Wildman–Crippen LogP) is 4.09. The largest absolute Gasteiger partial charge is 0.497 e. The molecule has 2 heterocycles. The summed E-state index contributed by atoms with van der Waals surface area (Å²) in [6.45, 7) is 1.99. The molecular formula is C22H19N3O3. The van der Waals surface area contributed by atoms with Crippen LogP contribution < -0.4 is 4.74 Å². The summed E-state index contributed by atoms with van der Waals surface area (Å²) < 4.78 is 12.5. The second-order valence-electron chi connectivity index (χ2n) is 6.37. The maximum atomic E-state index is 12.6. The number of carbonyl (C=O) groups excluding carboxylic acids is 1. The third kappa shape index (κ3) is 3.57. The van der Waals surface area contributed by atoms with Crippen molar-refractivity contribution in [3.05, 3.63) is 83.8 Å². The Hall–Kier alpha value is -3.67. The molecule has 2 aromatic heterocycles. The quantitative estimate of drug-likeness (QED) is 0.493. The van der Waals surface area contributed by atoms with Crippen LogP contribution in [0.4, 0.5) is 0 Å².